The summed E-state index contributed by atoms with van der Waals surface area (Å²) in [4.78, 5) is 0. The molecule has 42 heavy (non-hydrogen) atoms. The summed E-state index contributed by atoms with van der Waals surface area (Å²) in [6.07, 6.45) is 2.04. The zero-order chi connectivity index (χ0) is 27.6. The molecule has 0 saturated heterocycles. The smallest absolute Gasteiger partial charge is 0.160 e. The van der Waals surface area contributed by atoms with Crippen molar-refractivity contribution in [3.8, 4) is 5.69 Å². The standard InChI is InChI=1S/C38H28N4/c1-3-11-25(12-4-1)37-29-17-9-10-18-32(29)39-38(40-37)42-34-20-19-33-30(21-22-41(33)28-15-5-2-6-16-28)36(34)31-23-26-13-7-8-14-27(26)24-35(31)42/h1-24,37-40H. The van der Waals surface area contributed by atoms with E-state index in [0.717, 1.165) is 5.69 Å². The van der Waals surface area contributed by atoms with Gasteiger partial charge in [-0.2, -0.15) is 0 Å². The third kappa shape index (κ3) is 3.46. The minimum atomic E-state index is -0.153. The first-order valence-electron chi connectivity index (χ1n) is 14.5. The number of nitrogens with zero attached hydrogens (tertiary/aromatic N) is 2. The lowest BCUT2D eigenvalue weighted by atomic mass is 9.95. The number of benzene rings is 6. The average Bonchev–Trinajstić information content (AvgIpc) is 3.63. The van der Waals surface area contributed by atoms with Crippen LogP contribution in [0, 0.1) is 0 Å². The first kappa shape index (κ1) is 23.4. The second kappa shape index (κ2) is 9.10. The van der Waals surface area contributed by atoms with Gasteiger partial charge in [0.05, 0.1) is 22.6 Å². The van der Waals surface area contributed by atoms with Gasteiger partial charge in [-0.3, -0.25) is 5.32 Å². The van der Waals surface area contributed by atoms with Crippen LogP contribution in [0.25, 0.3) is 49.2 Å². The molecule has 3 heterocycles. The van der Waals surface area contributed by atoms with E-state index in [1.807, 2.05) is 0 Å². The molecule has 2 atom stereocenters. The van der Waals surface area contributed by atoms with E-state index >= 15 is 0 Å². The molecule has 200 valence electrons. The Morgan fingerprint density at radius 2 is 1.24 bits per heavy atom. The van der Waals surface area contributed by atoms with Gasteiger partial charge >= 0.3 is 0 Å². The number of rotatable bonds is 3. The number of fused-ring (bicyclic) bond motifs is 7. The quantitative estimate of drug-likeness (QED) is 0.234. The summed E-state index contributed by atoms with van der Waals surface area (Å²) in [5, 5.41) is 14.1. The van der Waals surface area contributed by atoms with Crippen LogP contribution < -0.4 is 10.6 Å². The topological polar surface area (TPSA) is 33.9 Å². The number of para-hydroxylation sites is 2. The molecule has 1 aliphatic rings. The van der Waals surface area contributed by atoms with Crippen molar-refractivity contribution in [2.75, 3.05) is 5.32 Å². The number of hydrogen-bond donors (Lipinski definition) is 2. The van der Waals surface area contributed by atoms with Crippen LogP contribution in [0.4, 0.5) is 5.69 Å². The highest BCUT2D eigenvalue weighted by Gasteiger charge is 2.30. The Hall–Kier alpha value is -5.32. The Kier molecular flexibility index (Phi) is 5.07. The molecule has 4 nitrogen and oxygen atoms in total. The largest absolute Gasteiger partial charge is 0.352 e. The van der Waals surface area contributed by atoms with E-state index in [1.54, 1.807) is 0 Å². The lowest BCUT2D eigenvalue weighted by Crippen LogP contribution is -2.40. The van der Waals surface area contributed by atoms with Crippen LogP contribution in [0.3, 0.4) is 0 Å². The van der Waals surface area contributed by atoms with Crippen LogP contribution >= 0.6 is 0 Å². The fraction of sp³-hybridized carbons (Fsp3) is 0.0526. The van der Waals surface area contributed by atoms with Gasteiger partial charge in [0.15, 0.2) is 6.29 Å². The van der Waals surface area contributed by atoms with Crippen molar-refractivity contribution in [2.24, 2.45) is 0 Å². The lowest BCUT2D eigenvalue weighted by molar-refractivity contribution is 0.417. The van der Waals surface area contributed by atoms with Gasteiger partial charge in [0.25, 0.3) is 0 Å². The van der Waals surface area contributed by atoms with E-state index in [9.17, 15) is 0 Å². The maximum Gasteiger partial charge on any atom is 0.160 e. The second-order valence-electron chi connectivity index (χ2n) is 11.1. The fourth-order valence-electron chi connectivity index (χ4n) is 6.92. The highest BCUT2D eigenvalue weighted by Crippen LogP contribution is 2.42. The number of aromatic nitrogens is 2. The molecule has 0 aliphatic carbocycles. The average molecular weight is 541 g/mol. The van der Waals surface area contributed by atoms with E-state index in [1.165, 1.54) is 60.3 Å². The van der Waals surface area contributed by atoms with E-state index in [2.05, 4.69) is 165 Å². The Balaban J connectivity index is 1.33. The molecule has 0 spiro atoms. The van der Waals surface area contributed by atoms with E-state index in [-0.39, 0.29) is 12.3 Å². The summed E-state index contributed by atoms with van der Waals surface area (Å²) < 4.78 is 4.75. The summed E-state index contributed by atoms with van der Waals surface area (Å²) in [6.45, 7) is 0. The summed E-state index contributed by atoms with van der Waals surface area (Å²) >= 11 is 0. The zero-order valence-electron chi connectivity index (χ0n) is 22.9. The van der Waals surface area contributed by atoms with Crippen LogP contribution in [0.1, 0.15) is 23.5 Å². The molecule has 0 radical (unpaired) electrons. The molecule has 1 aliphatic heterocycles. The monoisotopic (exact) mass is 540 g/mol. The Labute approximate surface area is 243 Å². The maximum absolute atomic E-state index is 3.99. The van der Waals surface area contributed by atoms with Crippen molar-refractivity contribution in [1.29, 1.82) is 0 Å². The van der Waals surface area contributed by atoms with Gasteiger partial charge in [0.1, 0.15) is 0 Å². The molecular formula is C38H28N4. The minimum Gasteiger partial charge on any atom is -0.352 e. The highest BCUT2D eigenvalue weighted by atomic mass is 15.3. The molecular weight excluding hydrogens is 512 g/mol. The van der Waals surface area contributed by atoms with Gasteiger partial charge in [0, 0.05) is 33.7 Å². The van der Waals surface area contributed by atoms with Crippen molar-refractivity contribution >= 4 is 49.2 Å². The fourth-order valence-corrected chi connectivity index (χ4v) is 6.92. The maximum atomic E-state index is 3.99. The predicted octanol–water partition coefficient (Wildman–Crippen LogP) is 9.15. The van der Waals surface area contributed by atoms with Gasteiger partial charge in [-0.15, -0.1) is 0 Å². The van der Waals surface area contributed by atoms with Crippen molar-refractivity contribution in [3.05, 3.63) is 157 Å². The molecule has 6 aromatic carbocycles. The van der Waals surface area contributed by atoms with Gasteiger partial charge in [-0.05, 0) is 70.4 Å². The van der Waals surface area contributed by atoms with Crippen molar-refractivity contribution in [3.63, 3.8) is 0 Å². The molecule has 0 bridgehead atoms. The van der Waals surface area contributed by atoms with E-state index < -0.39 is 0 Å². The molecule has 9 rings (SSSR count). The molecule has 8 aromatic rings. The highest BCUT2D eigenvalue weighted by molar-refractivity contribution is 6.22. The number of hydrogen-bond acceptors (Lipinski definition) is 2. The Bertz CT molecular complexity index is 2260. The third-order valence-corrected chi connectivity index (χ3v) is 8.82. The summed E-state index contributed by atoms with van der Waals surface area (Å²) in [5.74, 6) is 0. The van der Waals surface area contributed by atoms with Crippen molar-refractivity contribution in [2.45, 2.75) is 12.3 Å². The molecule has 0 saturated carbocycles. The van der Waals surface area contributed by atoms with Crippen molar-refractivity contribution < 1.29 is 0 Å². The first-order chi connectivity index (χ1) is 20.8. The van der Waals surface area contributed by atoms with Crippen molar-refractivity contribution in [1.82, 2.24) is 14.5 Å². The third-order valence-electron chi connectivity index (χ3n) is 8.82. The van der Waals surface area contributed by atoms with Gasteiger partial charge in [-0.25, -0.2) is 0 Å². The van der Waals surface area contributed by atoms with Crippen LogP contribution in [0.15, 0.2) is 146 Å². The summed E-state index contributed by atoms with van der Waals surface area (Å²) in [6, 6.07) is 50.3. The Morgan fingerprint density at radius 1 is 0.548 bits per heavy atom. The zero-order valence-corrected chi connectivity index (χ0v) is 22.9. The summed E-state index contributed by atoms with van der Waals surface area (Å²) in [5.41, 5.74) is 8.45. The molecule has 0 amide bonds. The molecule has 2 N–H and O–H groups in total. The predicted molar refractivity (Wildman–Crippen MR) is 174 cm³/mol. The van der Waals surface area contributed by atoms with Gasteiger partial charge in [-0.1, -0.05) is 91.0 Å². The van der Waals surface area contributed by atoms with Crippen LogP contribution in [0.5, 0.6) is 0 Å². The van der Waals surface area contributed by atoms with Crippen LogP contribution in [-0.4, -0.2) is 9.13 Å². The molecule has 2 aromatic heterocycles. The first-order valence-corrected chi connectivity index (χ1v) is 14.5. The second-order valence-corrected chi connectivity index (χ2v) is 11.1. The van der Waals surface area contributed by atoms with E-state index in [4.69, 9.17) is 0 Å². The molecule has 2 unspecified atom stereocenters. The normalized spacial score (nSPS) is 16.7. The SMILES string of the molecule is c1ccc(C2NC(n3c4cc5ccccc5cc4c4c5ccn(-c6ccccc6)c5ccc43)Nc3ccccc32)cc1. The number of anilines is 1. The van der Waals surface area contributed by atoms with Gasteiger partial charge < -0.3 is 14.5 Å². The lowest BCUT2D eigenvalue weighted by Gasteiger charge is -2.36. The van der Waals surface area contributed by atoms with Crippen LogP contribution in [0.2, 0.25) is 0 Å². The van der Waals surface area contributed by atoms with E-state index in [0.29, 0.717) is 0 Å². The van der Waals surface area contributed by atoms with Gasteiger partial charge in [0.2, 0.25) is 0 Å². The van der Waals surface area contributed by atoms with Crippen LogP contribution in [-0.2, 0) is 0 Å². The molecule has 0 fully saturated rings. The Morgan fingerprint density at radius 3 is 2.07 bits per heavy atom. The summed E-state index contributed by atoms with van der Waals surface area (Å²) in [7, 11) is 0. The minimum absolute atomic E-state index is 0.0597. The molecule has 4 heteroatoms. The number of nitrogens with one attached hydrogen (secondary N) is 2.